The number of anilines is 1. The summed E-state index contributed by atoms with van der Waals surface area (Å²) < 4.78 is 5.43. The van der Waals surface area contributed by atoms with Gasteiger partial charge in [0.1, 0.15) is 12.3 Å². The molecule has 1 atom stereocenters. The number of nitrogens with zero attached hydrogens (tertiary/aromatic N) is 2. The zero-order chi connectivity index (χ0) is 19.5. The van der Waals surface area contributed by atoms with Gasteiger partial charge in [0.05, 0.1) is 11.7 Å². The monoisotopic (exact) mass is 413 g/mol. The van der Waals surface area contributed by atoms with E-state index in [2.05, 4.69) is 10.3 Å². The van der Waals surface area contributed by atoms with E-state index in [1.807, 2.05) is 29.6 Å². The summed E-state index contributed by atoms with van der Waals surface area (Å²) in [5, 5.41) is 5.45. The standard InChI is InChI=1S/C20H16ClN3O3S/c21-14-3-4-16-15(10-14)24(19(26)12-27-16)11-18(25)23-20(17-2-1-9-28-17)13-5-7-22-8-6-13/h1-10,20H,11-12H2,(H,23,25)/t20-/m0/s1. The predicted molar refractivity (Wildman–Crippen MR) is 108 cm³/mol. The van der Waals surface area contributed by atoms with Crippen LogP contribution in [0.5, 0.6) is 5.75 Å². The van der Waals surface area contributed by atoms with Crippen molar-refractivity contribution in [2.75, 3.05) is 18.1 Å². The van der Waals surface area contributed by atoms with E-state index in [0.717, 1.165) is 10.4 Å². The van der Waals surface area contributed by atoms with Gasteiger partial charge in [-0.1, -0.05) is 17.7 Å². The molecule has 0 unspecified atom stereocenters. The topological polar surface area (TPSA) is 71.5 Å². The first-order valence-electron chi connectivity index (χ1n) is 8.57. The van der Waals surface area contributed by atoms with Gasteiger partial charge in [-0.3, -0.25) is 19.5 Å². The molecule has 0 aliphatic carbocycles. The van der Waals surface area contributed by atoms with Gasteiger partial charge in [-0.15, -0.1) is 11.3 Å². The minimum atomic E-state index is -0.314. The van der Waals surface area contributed by atoms with Crippen molar-refractivity contribution in [1.82, 2.24) is 10.3 Å². The number of hydrogen-bond acceptors (Lipinski definition) is 5. The van der Waals surface area contributed by atoms with Gasteiger partial charge < -0.3 is 10.1 Å². The van der Waals surface area contributed by atoms with Gasteiger partial charge in [-0.25, -0.2) is 0 Å². The Hall–Kier alpha value is -2.90. The van der Waals surface area contributed by atoms with Gasteiger partial charge >= 0.3 is 0 Å². The SMILES string of the molecule is O=C(CN1C(=O)COc2ccc(Cl)cc21)N[C@@H](c1ccncc1)c1cccs1. The van der Waals surface area contributed by atoms with Gasteiger partial charge in [0.25, 0.3) is 5.91 Å². The van der Waals surface area contributed by atoms with Crippen LogP contribution >= 0.6 is 22.9 Å². The quantitative estimate of drug-likeness (QED) is 0.695. The molecule has 0 saturated heterocycles. The number of thiophene rings is 1. The van der Waals surface area contributed by atoms with Crippen LogP contribution in [0.15, 0.2) is 60.2 Å². The van der Waals surface area contributed by atoms with Gasteiger partial charge in [0.2, 0.25) is 5.91 Å². The number of rotatable bonds is 5. The normalized spacial score (nSPS) is 14.2. The Morgan fingerprint density at radius 3 is 2.86 bits per heavy atom. The van der Waals surface area contributed by atoms with Crippen LogP contribution in [-0.2, 0) is 9.59 Å². The van der Waals surface area contributed by atoms with Crippen molar-refractivity contribution in [2.45, 2.75) is 6.04 Å². The third-order valence-electron chi connectivity index (χ3n) is 4.34. The summed E-state index contributed by atoms with van der Waals surface area (Å²) in [7, 11) is 0. The molecule has 3 aromatic rings. The van der Waals surface area contributed by atoms with Crippen LogP contribution in [0.1, 0.15) is 16.5 Å². The number of fused-ring (bicyclic) bond motifs is 1. The second-order valence-electron chi connectivity index (χ2n) is 6.18. The van der Waals surface area contributed by atoms with Crippen molar-refractivity contribution in [1.29, 1.82) is 0 Å². The molecule has 4 rings (SSSR count). The number of carbonyl (C=O) groups is 2. The van der Waals surface area contributed by atoms with Crippen LogP contribution in [0.3, 0.4) is 0 Å². The lowest BCUT2D eigenvalue weighted by Gasteiger charge is -2.29. The number of nitrogens with one attached hydrogen (secondary N) is 1. The number of amides is 2. The highest BCUT2D eigenvalue weighted by Gasteiger charge is 2.28. The fourth-order valence-corrected chi connectivity index (χ4v) is 4.00. The number of hydrogen-bond donors (Lipinski definition) is 1. The fraction of sp³-hybridized carbons (Fsp3) is 0.150. The van der Waals surface area contributed by atoms with Crippen molar-refractivity contribution in [3.63, 3.8) is 0 Å². The number of benzene rings is 1. The van der Waals surface area contributed by atoms with Crippen LogP contribution in [-0.4, -0.2) is 29.9 Å². The summed E-state index contributed by atoms with van der Waals surface area (Å²) >= 11 is 7.61. The Kier molecular flexibility index (Phi) is 5.27. The van der Waals surface area contributed by atoms with Crippen LogP contribution in [0, 0.1) is 0 Å². The summed E-state index contributed by atoms with van der Waals surface area (Å²) in [5.41, 5.74) is 1.41. The average Bonchev–Trinajstić information content (AvgIpc) is 3.23. The summed E-state index contributed by atoms with van der Waals surface area (Å²) in [6, 6.07) is 12.3. The first kappa shape index (κ1) is 18.5. The minimum absolute atomic E-state index is 0.110. The van der Waals surface area contributed by atoms with Crippen molar-refractivity contribution >= 4 is 40.4 Å². The van der Waals surface area contributed by atoms with E-state index in [1.54, 1.807) is 41.9 Å². The van der Waals surface area contributed by atoms with Crippen LogP contribution in [0.25, 0.3) is 0 Å². The molecule has 1 aliphatic heterocycles. The molecular formula is C20H16ClN3O3S. The predicted octanol–water partition coefficient (Wildman–Crippen LogP) is 3.43. The molecule has 142 valence electrons. The number of pyridine rings is 1. The number of ether oxygens (including phenoxy) is 1. The second kappa shape index (κ2) is 8.00. The van der Waals surface area contributed by atoms with E-state index in [-0.39, 0.29) is 31.0 Å². The first-order valence-corrected chi connectivity index (χ1v) is 9.83. The highest BCUT2D eigenvalue weighted by Crippen LogP contribution is 2.34. The third kappa shape index (κ3) is 3.85. The molecule has 1 N–H and O–H groups in total. The van der Waals surface area contributed by atoms with Crippen LogP contribution < -0.4 is 15.0 Å². The first-order chi connectivity index (χ1) is 13.6. The maximum atomic E-state index is 12.8. The molecule has 0 saturated carbocycles. The highest BCUT2D eigenvalue weighted by atomic mass is 35.5. The van der Waals surface area contributed by atoms with E-state index in [4.69, 9.17) is 16.3 Å². The Bertz CT molecular complexity index is 995. The maximum absolute atomic E-state index is 12.8. The van der Waals surface area contributed by atoms with E-state index >= 15 is 0 Å². The lowest BCUT2D eigenvalue weighted by atomic mass is 10.1. The molecule has 0 spiro atoms. The molecule has 8 heteroatoms. The molecule has 0 bridgehead atoms. The lowest BCUT2D eigenvalue weighted by Crippen LogP contribution is -2.45. The van der Waals surface area contributed by atoms with Gasteiger partial charge in [0.15, 0.2) is 6.61 Å². The maximum Gasteiger partial charge on any atom is 0.265 e. The molecule has 0 radical (unpaired) electrons. The van der Waals surface area contributed by atoms with Crippen LogP contribution in [0.4, 0.5) is 5.69 Å². The van der Waals surface area contributed by atoms with Crippen molar-refractivity contribution in [2.24, 2.45) is 0 Å². The number of aromatic nitrogens is 1. The molecular weight excluding hydrogens is 398 g/mol. The summed E-state index contributed by atoms with van der Waals surface area (Å²) in [6.45, 7) is -0.233. The summed E-state index contributed by atoms with van der Waals surface area (Å²) in [6.07, 6.45) is 3.37. The van der Waals surface area contributed by atoms with E-state index < -0.39 is 0 Å². The summed E-state index contributed by atoms with van der Waals surface area (Å²) in [4.78, 5) is 31.6. The van der Waals surface area contributed by atoms with E-state index in [9.17, 15) is 9.59 Å². The van der Waals surface area contributed by atoms with Crippen molar-refractivity contribution < 1.29 is 14.3 Å². The van der Waals surface area contributed by atoms with E-state index in [0.29, 0.717) is 16.5 Å². The molecule has 1 aromatic carbocycles. The Morgan fingerprint density at radius 1 is 1.29 bits per heavy atom. The molecule has 1 aliphatic rings. The van der Waals surface area contributed by atoms with E-state index in [1.165, 1.54) is 4.90 Å². The molecule has 3 heterocycles. The van der Waals surface area contributed by atoms with Gasteiger partial charge in [0, 0.05) is 22.3 Å². The molecule has 0 fully saturated rings. The fourth-order valence-electron chi connectivity index (χ4n) is 3.03. The highest BCUT2D eigenvalue weighted by molar-refractivity contribution is 7.10. The Morgan fingerprint density at radius 2 is 2.11 bits per heavy atom. The molecule has 2 amide bonds. The zero-order valence-electron chi connectivity index (χ0n) is 14.7. The molecule has 28 heavy (non-hydrogen) atoms. The molecule has 2 aromatic heterocycles. The third-order valence-corrected chi connectivity index (χ3v) is 5.51. The second-order valence-corrected chi connectivity index (χ2v) is 7.59. The van der Waals surface area contributed by atoms with Crippen LogP contribution in [0.2, 0.25) is 5.02 Å². The smallest absolute Gasteiger partial charge is 0.265 e. The lowest BCUT2D eigenvalue weighted by molar-refractivity contribution is -0.125. The Balaban J connectivity index is 1.56. The van der Waals surface area contributed by atoms with Crippen molar-refractivity contribution in [3.05, 3.63) is 75.7 Å². The van der Waals surface area contributed by atoms with Gasteiger partial charge in [-0.2, -0.15) is 0 Å². The minimum Gasteiger partial charge on any atom is -0.482 e. The largest absolute Gasteiger partial charge is 0.482 e. The number of halogens is 1. The van der Waals surface area contributed by atoms with Crippen molar-refractivity contribution in [3.8, 4) is 5.75 Å². The molecule has 6 nitrogen and oxygen atoms in total. The number of carbonyl (C=O) groups excluding carboxylic acids is 2. The van der Waals surface area contributed by atoms with Gasteiger partial charge in [-0.05, 0) is 47.3 Å². The summed E-state index contributed by atoms with van der Waals surface area (Å²) in [5.74, 6) is -0.0429. The average molecular weight is 414 g/mol. The zero-order valence-corrected chi connectivity index (χ0v) is 16.2. The Labute approximate surface area is 170 Å².